The van der Waals surface area contributed by atoms with E-state index in [2.05, 4.69) is 9.97 Å². The highest BCUT2D eigenvalue weighted by Crippen LogP contribution is 2.31. The summed E-state index contributed by atoms with van der Waals surface area (Å²) in [4.78, 5) is 10.2. The molecule has 2 saturated heterocycles. The molecule has 9 nitrogen and oxygen atoms in total. The normalized spacial score (nSPS) is 28.0. The average Bonchev–Trinajstić information content (AvgIpc) is 2.81. The van der Waals surface area contributed by atoms with Gasteiger partial charge in [-0.2, -0.15) is 17.0 Å². The van der Waals surface area contributed by atoms with Gasteiger partial charge in [0, 0.05) is 39.6 Å². The maximum atomic E-state index is 12.5. The Morgan fingerprint density at radius 1 is 1.13 bits per heavy atom. The van der Waals surface area contributed by atoms with Crippen molar-refractivity contribution in [2.24, 2.45) is 0 Å². The second kappa shape index (κ2) is 5.65. The topological polar surface area (TPSA) is 104 Å². The molecule has 0 N–H and O–H groups in total. The van der Waals surface area contributed by atoms with Gasteiger partial charge < -0.3 is 4.90 Å². The third-order valence-corrected chi connectivity index (χ3v) is 7.86. The lowest BCUT2D eigenvalue weighted by atomic mass is 10.1. The van der Waals surface area contributed by atoms with E-state index in [0.29, 0.717) is 12.5 Å². The standard InChI is InChI=1S/C12H19N5O4S2/c1-15(2)23(20,21)17-7-6-16(12-13-4-3-5-14-12)10-8-22(18,19)9-11(10)17/h3-5,10-11H,6-9H2,1-2H3/t10-,11+/m1/s1. The van der Waals surface area contributed by atoms with Crippen molar-refractivity contribution in [1.82, 2.24) is 18.6 Å². The molecular weight excluding hydrogens is 342 g/mol. The second-order valence-corrected chi connectivity index (χ2v) is 10.1. The largest absolute Gasteiger partial charge is 0.334 e. The molecule has 0 amide bonds. The van der Waals surface area contributed by atoms with Gasteiger partial charge in [-0.3, -0.25) is 0 Å². The van der Waals surface area contributed by atoms with Crippen molar-refractivity contribution >= 4 is 26.0 Å². The Hall–Kier alpha value is -1.30. The molecule has 1 aromatic heterocycles. The van der Waals surface area contributed by atoms with E-state index in [1.165, 1.54) is 18.4 Å². The van der Waals surface area contributed by atoms with Crippen LogP contribution in [0.2, 0.25) is 0 Å². The van der Waals surface area contributed by atoms with Gasteiger partial charge in [0.15, 0.2) is 9.84 Å². The summed E-state index contributed by atoms with van der Waals surface area (Å²) in [5, 5.41) is 0. The predicted molar refractivity (Wildman–Crippen MR) is 84.9 cm³/mol. The van der Waals surface area contributed by atoms with E-state index in [1.807, 2.05) is 0 Å². The number of aromatic nitrogens is 2. The van der Waals surface area contributed by atoms with Crippen LogP contribution in [-0.2, 0) is 20.0 Å². The molecular formula is C12H19N5O4S2. The number of rotatable bonds is 3. The van der Waals surface area contributed by atoms with Crippen LogP contribution in [0.15, 0.2) is 18.5 Å². The zero-order chi connectivity index (χ0) is 16.8. The molecule has 3 rings (SSSR count). The van der Waals surface area contributed by atoms with Crippen LogP contribution in [0.5, 0.6) is 0 Å². The number of fused-ring (bicyclic) bond motifs is 1. The molecule has 1 aromatic rings. The third-order valence-electron chi connectivity index (χ3n) is 4.19. The van der Waals surface area contributed by atoms with E-state index in [1.54, 1.807) is 23.4 Å². The third kappa shape index (κ3) is 2.93. The maximum absolute atomic E-state index is 12.5. The Labute approximate surface area is 136 Å². The first-order valence-corrected chi connectivity index (χ1v) is 10.4. The first-order valence-electron chi connectivity index (χ1n) is 7.16. The SMILES string of the molecule is CN(C)S(=O)(=O)N1CCN(c2ncccn2)[C@@H]2CS(=O)(=O)C[C@@H]21. The summed E-state index contributed by atoms with van der Waals surface area (Å²) in [7, 11) is -4.10. The minimum absolute atomic E-state index is 0.0879. The van der Waals surface area contributed by atoms with Gasteiger partial charge >= 0.3 is 0 Å². The number of nitrogens with zero attached hydrogens (tertiary/aromatic N) is 5. The first kappa shape index (κ1) is 16.6. The van der Waals surface area contributed by atoms with Gasteiger partial charge in [-0.05, 0) is 6.07 Å². The van der Waals surface area contributed by atoms with E-state index in [-0.39, 0.29) is 18.1 Å². The van der Waals surface area contributed by atoms with Crippen molar-refractivity contribution in [2.75, 3.05) is 43.6 Å². The minimum atomic E-state index is -3.68. The van der Waals surface area contributed by atoms with Crippen LogP contribution in [0.4, 0.5) is 5.95 Å². The molecule has 0 saturated carbocycles. The van der Waals surface area contributed by atoms with Crippen molar-refractivity contribution in [1.29, 1.82) is 0 Å². The van der Waals surface area contributed by atoms with Crippen LogP contribution >= 0.6 is 0 Å². The molecule has 0 radical (unpaired) electrons. The highest BCUT2D eigenvalue weighted by Gasteiger charge is 2.51. The van der Waals surface area contributed by atoms with Crippen molar-refractivity contribution < 1.29 is 16.8 Å². The van der Waals surface area contributed by atoms with Crippen molar-refractivity contribution in [2.45, 2.75) is 12.1 Å². The van der Waals surface area contributed by atoms with Gasteiger partial charge in [-0.25, -0.2) is 18.4 Å². The summed E-state index contributed by atoms with van der Waals surface area (Å²) < 4.78 is 51.6. The number of piperazine rings is 1. The molecule has 2 fully saturated rings. The van der Waals surface area contributed by atoms with E-state index in [0.717, 1.165) is 4.31 Å². The maximum Gasteiger partial charge on any atom is 0.281 e. The molecule has 2 aliphatic heterocycles. The zero-order valence-electron chi connectivity index (χ0n) is 12.9. The highest BCUT2D eigenvalue weighted by atomic mass is 32.2. The summed E-state index contributed by atoms with van der Waals surface area (Å²) in [6.45, 7) is 0.559. The number of anilines is 1. The molecule has 23 heavy (non-hydrogen) atoms. The molecule has 0 spiro atoms. The Bertz CT molecular complexity index is 781. The van der Waals surface area contributed by atoms with Crippen molar-refractivity contribution in [3.63, 3.8) is 0 Å². The number of hydrogen-bond acceptors (Lipinski definition) is 7. The van der Waals surface area contributed by atoms with E-state index < -0.39 is 32.1 Å². The van der Waals surface area contributed by atoms with Gasteiger partial charge in [0.2, 0.25) is 5.95 Å². The lowest BCUT2D eigenvalue weighted by molar-refractivity contribution is 0.259. The summed E-state index contributed by atoms with van der Waals surface area (Å²) in [5.41, 5.74) is 0. The number of hydrogen-bond donors (Lipinski definition) is 0. The monoisotopic (exact) mass is 361 g/mol. The smallest absolute Gasteiger partial charge is 0.281 e. The zero-order valence-corrected chi connectivity index (χ0v) is 14.5. The Balaban J connectivity index is 1.99. The van der Waals surface area contributed by atoms with Crippen molar-refractivity contribution in [3.05, 3.63) is 18.5 Å². The predicted octanol–water partition coefficient (Wildman–Crippen LogP) is -1.43. The molecule has 0 aromatic carbocycles. The Kier molecular flexibility index (Phi) is 4.07. The summed E-state index contributed by atoms with van der Waals surface area (Å²) in [6, 6.07) is 0.592. The first-order chi connectivity index (χ1) is 10.7. The molecule has 2 atom stereocenters. The van der Waals surface area contributed by atoms with Crippen LogP contribution in [0.1, 0.15) is 0 Å². The second-order valence-electron chi connectivity index (χ2n) is 5.85. The van der Waals surface area contributed by atoms with Crippen LogP contribution in [0, 0.1) is 0 Å². The molecule has 128 valence electrons. The summed E-state index contributed by atoms with van der Waals surface area (Å²) in [6.07, 6.45) is 3.17. The Morgan fingerprint density at radius 3 is 2.35 bits per heavy atom. The Morgan fingerprint density at radius 2 is 1.74 bits per heavy atom. The average molecular weight is 361 g/mol. The molecule has 0 bridgehead atoms. The van der Waals surface area contributed by atoms with Crippen LogP contribution < -0.4 is 4.90 Å². The number of sulfone groups is 1. The molecule has 0 unspecified atom stereocenters. The molecule has 2 aliphatic rings. The summed E-state index contributed by atoms with van der Waals surface area (Å²) >= 11 is 0. The minimum Gasteiger partial charge on any atom is -0.334 e. The summed E-state index contributed by atoms with van der Waals surface area (Å²) in [5.74, 6) is 0.171. The molecule has 0 aliphatic carbocycles. The van der Waals surface area contributed by atoms with Gasteiger partial charge in [-0.1, -0.05) is 0 Å². The quantitative estimate of drug-likeness (QED) is 0.650. The lowest BCUT2D eigenvalue weighted by Crippen LogP contribution is -2.62. The van der Waals surface area contributed by atoms with Crippen LogP contribution in [0.3, 0.4) is 0 Å². The van der Waals surface area contributed by atoms with E-state index >= 15 is 0 Å². The fraction of sp³-hybridized carbons (Fsp3) is 0.667. The molecule has 3 heterocycles. The fourth-order valence-corrected chi connectivity index (χ4v) is 6.47. The molecule has 11 heteroatoms. The van der Waals surface area contributed by atoms with E-state index in [4.69, 9.17) is 0 Å². The van der Waals surface area contributed by atoms with Crippen LogP contribution in [0.25, 0.3) is 0 Å². The van der Waals surface area contributed by atoms with Gasteiger partial charge in [0.1, 0.15) is 0 Å². The lowest BCUT2D eigenvalue weighted by Gasteiger charge is -2.43. The van der Waals surface area contributed by atoms with Gasteiger partial charge in [-0.15, -0.1) is 0 Å². The van der Waals surface area contributed by atoms with Crippen molar-refractivity contribution in [3.8, 4) is 0 Å². The van der Waals surface area contributed by atoms with Crippen LogP contribution in [-0.4, -0.2) is 86.2 Å². The fourth-order valence-electron chi connectivity index (χ4n) is 3.11. The van der Waals surface area contributed by atoms with Gasteiger partial charge in [0.05, 0.1) is 23.6 Å². The van der Waals surface area contributed by atoms with E-state index in [9.17, 15) is 16.8 Å². The highest BCUT2D eigenvalue weighted by molar-refractivity contribution is 7.92. The van der Waals surface area contributed by atoms with Gasteiger partial charge in [0.25, 0.3) is 10.2 Å².